The lowest BCUT2D eigenvalue weighted by Gasteiger charge is -2.32. The maximum atomic E-state index is 12.5. The van der Waals surface area contributed by atoms with Crippen LogP contribution < -0.4 is 16.2 Å². The Morgan fingerprint density at radius 2 is 2.00 bits per heavy atom. The molecule has 27 heavy (non-hydrogen) atoms. The second kappa shape index (κ2) is 8.81. The number of carbonyl (C=O) groups is 2. The zero-order valence-electron chi connectivity index (χ0n) is 15.8. The van der Waals surface area contributed by atoms with Crippen molar-refractivity contribution >= 4 is 27.5 Å². The molecule has 1 aromatic rings. The fraction of sp³-hybridized carbons (Fsp3) is 0.556. The van der Waals surface area contributed by atoms with E-state index in [0.29, 0.717) is 18.0 Å². The van der Waals surface area contributed by atoms with E-state index < -0.39 is 10.0 Å². The van der Waals surface area contributed by atoms with Crippen LogP contribution in [0, 0.1) is 19.8 Å². The molecule has 1 unspecified atom stereocenters. The minimum Gasteiger partial charge on any atom is -0.370 e. The summed E-state index contributed by atoms with van der Waals surface area (Å²) in [6.45, 7) is 5.36. The summed E-state index contributed by atoms with van der Waals surface area (Å²) < 4.78 is 23.2. The molecule has 1 aromatic carbocycles. The molecule has 150 valence electrons. The third-order valence-electron chi connectivity index (χ3n) is 5.01. The Bertz CT molecular complexity index is 823. The van der Waals surface area contributed by atoms with Crippen molar-refractivity contribution in [2.45, 2.75) is 44.4 Å². The lowest BCUT2D eigenvalue weighted by atomic mass is 9.93. The summed E-state index contributed by atoms with van der Waals surface area (Å²) in [5, 5.41) is 8.01. The number of anilines is 1. The van der Waals surface area contributed by atoms with Gasteiger partial charge in [0.1, 0.15) is 0 Å². The summed E-state index contributed by atoms with van der Waals surface area (Å²) in [5.41, 5.74) is 7.20. The van der Waals surface area contributed by atoms with Crippen molar-refractivity contribution in [3.8, 4) is 0 Å². The molecule has 1 atom stereocenters. The lowest BCUT2D eigenvalue weighted by molar-refractivity contribution is -0.119. The number of likely N-dealkylation sites (tertiary alicyclic amines) is 1. The number of primary amides is 1. The number of nitrogens with one attached hydrogen (secondary N) is 1. The minimum absolute atomic E-state index is 0.0228. The Morgan fingerprint density at radius 1 is 1.30 bits per heavy atom. The number of sulfonamides is 1. The van der Waals surface area contributed by atoms with Crippen LogP contribution >= 0.6 is 0 Å². The van der Waals surface area contributed by atoms with Crippen molar-refractivity contribution in [2.75, 3.05) is 25.0 Å². The van der Waals surface area contributed by atoms with Crippen LogP contribution in [0.2, 0.25) is 0 Å². The van der Waals surface area contributed by atoms with Crippen LogP contribution in [-0.2, 0) is 19.6 Å². The highest BCUT2D eigenvalue weighted by atomic mass is 32.2. The fourth-order valence-corrected chi connectivity index (χ4v) is 4.01. The molecule has 2 rings (SSSR count). The number of piperidine rings is 1. The van der Waals surface area contributed by atoms with E-state index in [4.69, 9.17) is 10.9 Å². The zero-order chi connectivity index (χ0) is 20.2. The maximum absolute atomic E-state index is 12.5. The highest BCUT2D eigenvalue weighted by Crippen LogP contribution is 2.24. The molecule has 1 saturated heterocycles. The van der Waals surface area contributed by atoms with E-state index in [2.05, 4.69) is 10.2 Å². The van der Waals surface area contributed by atoms with Crippen LogP contribution in [-0.4, -0.2) is 44.8 Å². The molecule has 2 amide bonds. The van der Waals surface area contributed by atoms with Gasteiger partial charge in [-0.25, -0.2) is 13.6 Å². The summed E-state index contributed by atoms with van der Waals surface area (Å²) in [6, 6.07) is 2.88. The standard InChI is InChI=1S/C18H28N4O4S/c1-12-8-15(27(20,25)26)9-16(13(12)2)21-18(24)11-22-7-3-4-14(10-22)5-6-17(19)23/h8-9,14H,3-7,10-11H2,1-2H3,(H2,19,23)(H,21,24)(H2,20,25,26). The van der Waals surface area contributed by atoms with Gasteiger partial charge in [0.05, 0.1) is 11.4 Å². The number of rotatable bonds is 7. The quantitative estimate of drug-likeness (QED) is 0.628. The average molecular weight is 397 g/mol. The Hall–Kier alpha value is -1.97. The number of amides is 2. The number of hydrogen-bond acceptors (Lipinski definition) is 5. The topological polar surface area (TPSA) is 136 Å². The van der Waals surface area contributed by atoms with E-state index in [-0.39, 0.29) is 23.3 Å². The van der Waals surface area contributed by atoms with Crippen molar-refractivity contribution in [1.82, 2.24) is 4.90 Å². The maximum Gasteiger partial charge on any atom is 0.238 e. The Kier molecular flexibility index (Phi) is 6.96. The molecule has 1 heterocycles. The van der Waals surface area contributed by atoms with Gasteiger partial charge >= 0.3 is 0 Å². The SMILES string of the molecule is Cc1cc(S(N)(=O)=O)cc(NC(=O)CN2CCCC(CCC(N)=O)C2)c1C. The van der Waals surface area contributed by atoms with Gasteiger partial charge in [-0.2, -0.15) is 0 Å². The van der Waals surface area contributed by atoms with Gasteiger partial charge in [0, 0.05) is 18.7 Å². The molecule has 5 N–H and O–H groups in total. The lowest BCUT2D eigenvalue weighted by Crippen LogP contribution is -2.40. The van der Waals surface area contributed by atoms with Gasteiger partial charge in [0.15, 0.2) is 0 Å². The van der Waals surface area contributed by atoms with Crippen LogP contribution in [0.5, 0.6) is 0 Å². The first-order chi connectivity index (χ1) is 12.6. The predicted octanol–water partition coefficient (Wildman–Crippen LogP) is 0.867. The van der Waals surface area contributed by atoms with E-state index >= 15 is 0 Å². The Morgan fingerprint density at radius 3 is 2.63 bits per heavy atom. The molecule has 1 aliphatic heterocycles. The number of hydrogen-bond donors (Lipinski definition) is 3. The number of benzene rings is 1. The van der Waals surface area contributed by atoms with Gasteiger partial charge in [-0.05, 0) is 68.8 Å². The van der Waals surface area contributed by atoms with E-state index in [0.717, 1.165) is 43.5 Å². The molecule has 0 saturated carbocycles. The number of primary sulfonamides is 1. The highest BCUT2D eigenvalue weighted by molar-refractivity contribution is 7.89. The highest BCUT2D eigenvalue weighted by Gasteiger charge is 2.22. The third-order valence-corrected chi connectivity index (χ3v) is 5.91. The van der Waals surface area contributed by atoms with Crippen molar-refractivity contribution < 1.29 is 18.0 Å². The molecule has 1 fully saturated rings. The molecule has 0 aromatic heterocycles. The summed E-state index contributed by atoms with van der Waals surface area (Å²) in [7, 11) is -3.85. The smallest absolute Gasteiger partial charge is 0.238 e. The summed E-state index contributed by atoms with van der Waals surface area (Å²) in [4.78, 5) is 25.5. The average Bonchev–Trinajstić information content (AvgIpc) is 2.56. The molecule has 8 nitrogen and oxygen atoms in total. The first-order valence-electron chi connectivity index (χ1n) is 9.01. The normalized spacial score (nSPS) is 18.3. The van der Waals surface area contributed by atoms with Crippen LogP contribution in [0.4, 0.5) is 5.69 Å². The van der Waals surface area contributed by atoms with Gasteiger partial charge in [0.25, 0.3) is 0 Å². The van der Waals surface area contributed by atoms with Gasteiger partial charge in [-0.1, -0.05) is 0 Å². The van der Waals surface area contributed by atoms with Crippen molar-refractivity contribution in [1.29, 1.82) is 0 Å². The molecule has 9 heteroatoms. The molecule has 0 radical (unpaired) electrons. The summed E-state index contributed by atoms with van der Waals surface area (Å²) in [5.74, 6) is -0.154. The molecule has 1 aliphatic rings. The second-order valence-corrected chi connectivity index (χ2v) is 8.82. The van der Waals surface area contributed by atoms with Crippen molar-refractivity contribution in [2.24, 2.45) is 16.8 Å². The number of nitrogens with two attached hydrogens (primary N) is 2. The number of aryl methyl sites for hydroxylation is 1. The van der Waals surface area contributed by atoms with Gasteiger partial charge in [-0.15, -0.1) is 0 Å². The van der Waals surface area contributed by atoms with Gasteiger partial charge in [-0.3, -0.25) is 14.5 Å². The van der Waals surface area contributed by atoms with Crippen LogP contribution in [0.3, 0.4) is 0 Å². The van der Waals surface area contributed by atoms with Crippen molar-refractivity contribution in [3.63, 3.8) is 0 Å². The first kappa shape index (κ1) is 21.3. The molecule has 0 bridgehead atoms. The van der Waals surface area contributed by atoms with Crippen LogP contribution in [0.15, 0.2) is 17.0 Å². The predicted molar refractivity (Wildman–Crippen MR) is 104 cm³/mol. The number of nitrogens with zero attached hydrogens (tertiary/aromatic N) is 1. The monoisotopic (exact) mass is 396 g/mol. The Balaban J connectivity index is 2.01. The molecule has 0 spiro atoms. The van der Waals surface area contributed by atoms with Gasteiger partial charge < -0.3 is 11.1 Å². The van der Waals surface area contributed by atoms with E-state index in [1.54, 1.807) is 6.92 Å². The third kappa shape index (κ3) is 6.30. The zero-order valence-corrected chi connectivity index (χ0v) is 16.6. The summed E-state index contributed by atoms with van der Waals surface area (Å²) >= 11 is 0. The van der Waals surface area contributed by atoms with E-state index in [1.807, 2.05) is 6.92 Å². The van der Waals surface area contributed by atoms with E-state index in [1.165, 1.54) is 12.1 Å². The van der Waals surface area contributed by atoms with Crippen molar-refractivity contribution in [3.05, 3.63) is 23.3 Å². The first-order valence-corrected chi connectivity index (χ1v) is 10.6. The van der Waals surface area contributed by atoms with Crippen LogP contribution in [0.1, 0.15) is 36.8 Å². The molecular formula is C18H28N4O4S. The summed E-state index contributed by atoms with van der Waals surface area (Å²) in [6.07, 6.45) is 3.10. The van der Waals surface area contributed by atoms with Gasteiger partial charge in [0.2, 0.25) is 21.8 Å². The fourth-order valence-electron chi connectivity index (χ4n) is 3.39. The molecular weight excluding hydrogens is 368 g/mol. The largest absolute Gasteiger partial charge is 0.370 e. The van der Waals surface area contributed by atoms with Crippen LogP contribution in [0.25, 0.3) is 0 Å². The molecule has 0 aliphatic carbocycles. The minimum atomic E-state index is -3.85. The Labute approximate surface area is 160 Å². The second-order valence-electron chi connectivity index (χ2n) is 7.25. The van der Waals surface area contributed by atoms with E-state index in [9.17, 15) is 18.0 Å². The number of carbonyl (C=O) groups excluding carboxylic acids is 2.